The fourth-order valence-electron chi connectivity index (χ4n) is 1.84. The van der Waals surface area contributed by atoms with E-state index < -0.39 is 0 Å². The molecule has 0 saturated carbocycles. The number of aryl methyl sites for hydroxylation is 1. The Hall–Kier alpha value is -1.48. The highest BCUT2D eigenvalue weighted by Crippen LogP contribution is 2.27. The third-order valence-corrected chi connectivity index (χ3v) is 3.53. The molecule has 0 radical (unpaired) electrons. The van der Waals surface area contributed by atoms with Crippen molar-refractivity contribution in [3.8, 4) is 11.5 Å². The number of rotatable bonds is 6. The SMILES string of the molecule is Oc1ccc(OCCCCc2ccccc2)cc1Br. The van der Waals surface area contributed by atoms with Crippen LogP contribution in [-0.2, 0) is 6.42 Å². The van der Waals surface area contributed by atoms with E-state index in [9.17, 15) is 5.11 Å². The van der Waals surface area contributed by atoms with Crippen LogP contribution in [-0.4, -0.2) is 11.7 Å². The van der Waals surface area contributed by atoms with E-state index in [1.165, 1.54) is 5.56 Å². The second-order valence-corrected chi connectivity index (χ2v) is 5.26. The zero-order chi connectivity index (χ0) is 13.5. The fourth-order valence-corrected chi connectivity index (χ4v) is 2.20. The molecule has 2 nitrogen and oxygen atoms in total. The van der Waals surface area contributed by atoms with Crippen LogP contribution < -0.4 is 4.74 Å². The third kappa shape index (κ3) is 4.60. The fraction of sp³-hybridized carbons (Fsp3) is 0.250. The lowest BCUT2D eigenvalue weighted by atomic mass is 10.1. The zero-order valence-corrected chi connectivity index (χ0v) is 12.3. The van der Waals surface area contributed by atoms with Crippen LogP contribution in [0.5, 0.6) is 11.5 Å². The van der Waals surface area contributed by atoms with Crippen LogP contribution in [0.3, 0.4) is 0 Å². The van der Waals surface area contributed by atoms with Crippen molar-refractivity contribution in [2.75, 3.05) is 6.61 Å². The molecule has 0 heterocycles. The maximum atomic E-state index is 9.38. The van der Waals surface area contributed by atoms with E-state index in [4.69, 9.17) is 4.74 Å². The van der Waals surface area contributed by atoms with Crippen LogP contribution in [0.1, 0.15) is 18.4 Å². The van der Waals surface area contributed by atoms with E-state index in [-0.39, 0.29) is 5.75 Å². The van der Waals surface area contributed by atoms with Gasteiger partial charge in [0, 0.05) is 0 Å². The third-order valence-electron chi connectivity index (χ3n) is 2.89. The van der Waals surface area contributed by atoms with Gasteiger partial charge in [-0.3, -0.25) is 0 Å². The molecule has 0 aliphatic rings. The molecule has 0 aliphatic carbocycles. The average Bonchev–Trinajstić information content (AvgIpc) is 2.43. The molecule has 0 amide bonds. The summed E-state index contributed by atoms with van der Waals surface area (Å²) in [6.07, 6.45) is 3.22. The van der Waals surface area contributed by atoms with Gasteiger partial charge in [0.15, 0.2) is 0 Å². The lowest BCUT2D eigenvalue weighted by Crippen LogP contribution is -1.98. The molecule has 0 atom stereocenters. The van der Waals surface area contributed by atoms with Crippen LogP contribution in [0.25, 0.3) is 0 Å². The number of halogens is 1. The van der Waals surface area contributed by atoms with Crippen molar-refractivity contribution >= 4 is 15.9 Å². The Labute approximate surface area is 122 Å². The van der Waals surface area contributed by atoms with E-state index in [0.717, 1.165) is 25.0 Å². The summed E-state index contributed by atoms with van der Waals surface area (Å²) in [5, 5.41) is 9.38. The first-order valence-electron chi connectivity index (χ1n) is 6.41. The van der Waals surface area contributed by atoms with Crippen LogP contribution in [0.15, 0.2) is 53.0 Å². The number of phenolic OH excluding ortho intramolecular Hbond substituents is 1. The molecule has 100 valence electrons. The summed E-state index contributed by atoms with van der Waals surface area (Å²) in [5.41, 5.74) is 1.37. The standard InChI is InChI=1S/C16H17BrO2/c17-15-12-14(9-10-16(15)18)19-11-5-4-8-13-6-2-1-3-7-13/h1-3,6-7,9-10,12,18H,4-5,8,11H2. The maximum Gasteiger partial charge on any atom is 0.130 e. The number of aromatic hydroxyl groups is 1. The summed E-state index contributed by atoms with van der Waals surface area (Å²) in [4.78, 5) is 0. The first-order chi connectivity index (χ1) is 9.25. The van der Waals surface area contributed by atoms with Crippen LogP contribution >= 0.6 is 15.9 Å². The van der Waals surface area contributed by atoms with Gasteiger partial charge in [0.05, 0.1) is 11.1 Å². The first-order valence-corrected chi connectivity index (χ1v) is 7.20. The highest BCUT2D eigenvalue weighted by Gasteiger charge is 2.00. The van der Waals surface area contributed by atoms with Crippen molar-refractivity contribution < 1.29 is 9.84 Å². The lowest BCUT2D eigenvalue weighted by Gasteiger charge is -2.07. The van der Waals surface area contributed by atoms with E-state index in [1.54, 1.807) is 18.2 Å². The molecule has 0 aliphatic heterocycles. The quantitative estimate of drug-likeness (QED) is 0.791. The normalized spacial score (nSPS) is 10.4. The highest BCUT2D eigenvalue weighted by molar-refractivity contribution is 9.10. The minimum absolute atomic E-state index is 0.233. The topological polar surface area (TPSA) is 29.5 Å². The summed E-state index contributed by atoms with van der Waals surface area (Å²) in [5.74, 6) is 1.01. The number of hydrogen-bond donors (Lipinski definition) is 1. The van der Waals surface area contributed by atoms with Gasteiger partial charge in [-0.05, 0) is 59.0 Å². The summed E-state index contributed by atoms with van der Waals surface area (Å²) >= 11 is 3.27. The van der Waals surface area contributed by atoms with Gasteiger partial charge in [-0.15, -0.1) is 0 Å². The zero-order valence-electron chi connectivity index (χ0n) is 10.7. The number of phenols is 1. The van der Waals surface area contributed by atoms with Gasteiger partial charge in [0.2, 0.25) is 0 Å². The van der Waals surface area contributed by atoms with Crippen molar-refractivity contribution in [1.82, 2.24) is 0 Å². The molecular formula is C16H17BrO2. The minimum Gasteiger partial charge on any atom is -0.507 e. The first kappa shape index (κ1) is 13.9. The van der Waals surface area contributed by atoms with Gasteiger partial charge in [0.1, 0.15) is 11.5 Å². The van der Waals surface area contributed by atoms with Gasteiger partial charge in [-0.25, -0.2) is 0 Å². The van der Waals surface area contributed by atoms with Crippen molar-refractivity contribution in [2.24, 2.45) is 0 Å². The monoisotopic (exact) mass is 320 g/mol. The molecule has 0 bridgehead atoms. The number of hydrogen-bond acceptors (Lipinski definition) is 2. The molecule has 0 fully saturated rings. The van der Waals surface area contributed by atoms with E-state index in [2.05, 4.69) is 40.2 Å². The Morgan fingerprint density at radius 2 is 1.79 bits per heavy atom. The van der Waals surface area contributed by atoms with Gasteiger partial charge < -0.3 is 9.84 Å². The maximum absolute atomic E-state index is 9.38. The average molecular weight is 321 g/mol. The van der Waals surface area contributed by atoms with Crippen molar-refractivity contribution in [1.29, 1.82) is 0 Å². The summed E-state index contributed by atoms with van der Waals surface area (Å²) in [6.45, 7) is 0.698. The number of ether oxygens (including phenoxy) is 1. The van der Waals surface area contributed by atoms with Crippen LogP contribution in [0.2, 0.25) is 0 Å². The smallest absolute Gasteiger partial charge is 0.130 e. The molecule has 2 rings (SSSR count). The van der Waals surface area contributed by atoms with Crippen LogP contribution in [0, 0.1) is 0 Å². The van der Waals surface area contributed by atoms with Gasteiger partial charge in [-0.1, -0.05) is 30.3 Å². The molecule has 2 aromatic rings. The van der Waals surface area contributed by atoms with Gasteiger partial charge in [-0.2, -0.15) is 0 Å². The molecular weight excluding hydrogens is 304 g/mol. The molecule has 19 heavy (non-hydrogen) atoms. The van der Waals surface area contributed by atoms with Crippen molar-refractivity contribution in [3.63, 3.8) is 0 Å². The second kappa shape index (κ2) is 7.19. The van der Waals surface area contributed by atoms with Gasteiger partial charge >= 0.3 is 0 Å². The second-order valence-electron chi connectivity index (χ2n) is 4.40. The number of unbranched alkanes of at least 4 members (excludes halogenated alkanes) is 1. The summed E-state index contributed by atoms with van der Waals surface area (Å²) < 4.78 is 6.30. The van der Waals surface area contributed by atoms with Crippen molar-refractivity contribution in [3.05, 3.63) is 58.6 Å². The lowest BCUT2D eigenvalue weighted by molar-refractivity contribution is 0.306. The van der Waals surface area contributed by atoms with E-state index in [0.29, 0.717) is 11.1 Å². The van der Waals surface area contributed by atoms with E-state index >= 15 is 0 Å². The Bertz CT molecular complexity index is 511. The minimum atomic E-state index is 0.233. The Kier molecular flexibility index (Phi) is 5.28. The Balaban J connectivity index is 1.68. The molecule has 0 unspecified atom stereocenters. The van der Waals surface area contributed by atoms with E-state index in [1.807, 2.05) is 6.07 Å². The Morgan fingerprint density at radius 1 is 1.00 bits per heavy atom. The molecule has 2 aromatic carbocycles. The predicted molar refractivity (Wildman–Crippen MR) is 80.7 cm³/mol. The molecule has 3 heteroatoms. The van der Waals surface area contributed by atoms with Gasteiger partial charge in [0.25, 0.3) is 0 Å². The predicted octanol–water partition coefficient (Wildman–Crippen LogP) is 4.56. The molecule has 1 N–H and O–H groups in total. The molecule has 0 aromatic heterocycles. The summed E-state index contributed by atoms with van der Waals surface area (Å²) in [7, 11) is 0. The molecule has 0 spiro atoms. The van der Waals surface area contributed by atoms with Crippen molar-refractivity contribution in [2.45, 2.75) is 19.3 Å². The Morgan fingerprint density at radius 3 is 2.53 bits per heavy atom. The largest absolute Gasteiger partial charge is 0.507 e. The summed E-state index contributed by atoms with van der Waals surface area (Å²) in [6, 6.07) is 15.7. The van der Waals surface area contributed by atoms with Crippen LogP contribution in [0.4, 0.5) is 0 Å². The highest BCUT2D eigenvalue weighted by atomic mass is 79.9. The molecule has 0 saturated heterocycles. The number of benzene rings is 2.